The van der Waals surface area contributed by atoms with Crippen molar-refractivity contribution in [1.29, 1.82) is 0 Å². The van der Waals surface area contributed by atoms with Crippen molar-refractivity contribution in [2.75, 3.05) is 31.1 Å². The number of hydrogen-bond acceptors (Lipinski definition) is 7. The highest BCUT2D eigenvalue weighted by Gasteiger charge is 2.20. The second-order valence-corrected chi connectivity index (χ2v) is 6.97. The standard InChI is InChI=1S/C16H16ClN5OS/c17-12-3-4-14(18-10-12)22-7-5-21(6-8-22)11-15-19-16(20-23-15)13-2-1-9-24-13/h1-4,9-10H,5-8,11H2. The van der Waals surface area contributed by atoms with Crippen LogP contribution in [0.3, 0.4) is 0 Å². The topological polar surface area (TPSA) is 58.3 Å². The summed E-state index contributed by atoms with van der Waals surface area (Å²) < 4.78 is 5.38. The Hall–Kier alpha value is -1.96. The van der Waals surface area contributed by atoms with E-state index in [2.05, 4.69) is 24.9 Å². The van der Waals surface area contributed by atoms with E-state index in [0.717, 1.165) is 36.9 Å². The number of piperazine rings is 1. The summed E-state index contributed by atoms with van der Waals surface area (Å²) in [6.07, 6.45) is 1.69. The number of rotatable bonds is 4. The molecule has 124 valence electrons. The quantitative estimate of drug-likeness (QED) is 0.711. The van der Waals surface area contributed by atoms with Crippen LogP contribution in [0.1, 0.15) is 5.89 Å². The van der Waals surface area contributed by atoms with Crippen molar-refractivity contribution in [2.45, 2.75) is 6.54 Å². The summed E-state index contributed by atoms with van der Waals surface area (Å²) in [7, 11) is 0. The van der Waals surface area contributed by atoms with Gasteiger partial charge in [-0.2, -0.15) is 4.98 Å². The predicted octanol–water partition coefficient (Wildman–Crippen LogP) is 3.17. The number of halogens is 1. The molecule has 4 rings (SSSR count). The van der Waals surface area contributed by atoms with Crippen LogP contribution in [0.4, 0.5) is 5.82 Å². The molecule has 0 aromatic carbocycles. The van der Waals surface area contributed by atoms with Crippen LogP contribution in [0.2, 0.25) is 5.02 Å². The zero-order valence-corrected chi connectivity index (χ0v) is 14.5. The maximum absolute atomic E-state index is 5.89. The maximum Gasteiger partial charge on any atom is 0.241 e. The molecule has 4 heterocycles. The number of anilines is 1. The van der Waals surface area contributed by atoms with Gasteiger partial charge in [-0.3, -0.25) is 4.90 Å². The van der Waals surface area contributed by atoms with E-state index in [4.69, 9.17) is 16.1 Å². The van der Waals surface area contributed by atoms with Gasteiger partial charge in [-0.1, -0.05) is 22.8 Å². The minimum absolute atomic E-state index is 0.662. The molecule has 6 nitrogen and oxygen atoms in total. The molecule has 3 aromatic heterocycles. The van der Waals surface area contributed by atoms with Crippen LogP contribution in [0.25, 0.3) is 10.7 Å². The molecule has 0 saturated carbocycles. The molecule has 1 aliphatic heterocycles. The van der Waals surface area contributed by atoms with Crippen molar-refractivity contribution in [2.24, 2.45) is 0 Å². The lowest BCUT2D eigenvalue weighted by atomic mass is 10.3. The third-order valence-corrected chi connectivity index (χ3v) is 5.07. The molecule has 1 saturated heterocycles. The Bertz CT molecular complexity index is 781. The molecule has 8 heteroatoms. The molecule has 0 amide bonds. The van der Waals surface area contributed by atoms with E-state index in [1.165, 1.54) is 0 Å². The fourth-order valence-electron chi connectivity index (χ4n) is 2.71. The highest BCUT2D eigenvalue weighted by molar-refractivity contribution is 7.13. The third-order valence-electron chi connectivity index (χ3n) is 3.98. The fourth-order valence-corrected chi connectivity index (χ4v) is 3.47. The summed E-state index contributed by atoms with van der Waals surface area (Å²) >= 11 is 7.50. The van der Waals surface area contributed by atoms with Gasteiger partial charge in [0.25, 0.3) is 0 Å². The van der Waals surface area contributed by atoms with Crippen molar-refractivity contribution in [3.63, 3.8) is 0 Å². The average Bonchev–Trinajstić information content (AvgIpc) is 3.28. The summed E-state index contributed by atoms with van der Waals surface area (Å²) in [5, 5.41) is 6.73. The molecule has 0 radical (unpaired) electrons. The molecule has 1 aliphatic rings. The summed E-state index contributed by atoms with van der Waals surface area (Å²) in [5.74, 6) is 2.30. The Kier molecular flexibility index (Phi) is 4.46. The Morgan fingerprint density at radius 2 is 2.04 bits per heavy atom. The molecular formula is C16H16ClN5OS. The van der Waals surface area contributed by atoms with Crippen molar-refractivity contribution in [1.82, 2.24) is 20.0 Å². The molecule has 24 heavy (non-hydrogen) atoms. The Balaban J connectivity index is 1.34. The second kappa shape index (κ2) is 6.88. The molecular weight excluding hydrogens is 346 g/mol. The first-order chi connectivity index (χ1) is 11.8. The van der Waals surface area contributed by atoms with Crippen LogP contribution < -0.4 is 4.90 Å². The number of thiophene rings is 1. The van der Waals surface area contributed by atoms with Gasteiger partial charge in [0.1, 0.15) is 5.82 Å². The number of nitrogens with zero attached hydrogens (tertiary/aromatic N) is 5. The van der Waals surface area contributed by atoms with Crippen LogP contribution in [0.5, 0.6) is 0 Å². The molecule has 0 aliphatic carbocycles. The van der Waals surface area contributed by atoms with Crippen molar-refractivity contribution >= 4 is 28.8 Å². The number of pyridine rings is 1. The van der Waals surface area contributed by atoms with E-state index in [1.807, 2.05) is 29.6 Å². The summed E-state index contributed by atoms with van der Waals surface area (Å²) in [5.41, 5.74) is 0. The Labute approximate surface area is 148 Å². The van der Waals surface area contributed by atoms with Gasteiger partial charge in [-0.15, -0.1) is 11.3 Å². The smallest absolute Gasteiger partial charge is 0.241 e. The van der Waals surface area contributed by atoms with E-state index < -0.39 is 0 Å². The third kappa shape index (κ3) is 3.43. The van der Waals surface area contributed by atoms with Gasteiger partial charge < -0.3 is 9.42 Å². The van der Waals surface area contributed by atoms with Crippen LogP contribution in [0.15, 0.2) is 40.4 Å². The van der Waals surface area contributed by atoms with Gasteiger partial charge in [0.15, 0.2) is 0 Å². The maximum atomic E-state index is 5.89. The summed E-state index contributed by atoms with van der Waals surface area (Å²) in [6, 6.07) is 7.82. The zero-order chi connectivity index (χ0) is 16.4. The van der Waals surface area contributed by atoms with E-state index in [-0.39, 0.29) is 0 Å². The highest BCUT2D eigenvalue weighted by Crippen LogP contribution is 2.22. The SMILES string of the molecule is Clc1ccc(N2CCN(Cc3nc(-c4cccs4)no3)CC2)nc1. The molecule has 0 spiro atoms. The van der Waals surface area contributed by atoms with Crippen LogP contribution in [-0.2, 0) is 6.54 Å². The van der Waals surface area contributed by atoms with E-state index in [1.54, 1.807) is 17.5 Å². The molecule has 0 bridgehead atoms. The largest absolute Gasteiger partial charge is 0.354 e. The first-order valence-corrected chi connectivity index (χ1v) is 8.99. The lowest BCUT2D eigenvalue weighted by Crippen LogP contribution is -2.46. The number of hydrogen-bond donors (Lipinski definition) is 0. The molecule has 0 atom stereocenters. The Morgan fingerprint density at radius 3 is 2.75 bits per heavy atom. The molecule has 3 aromatic rings. The molecule has 1 fully saturated rings. The zero-order valence-electron chi connectivity index (χ0n) is 12.9. The summed E-state index contributed by atoms with van der Waals surface area (Å²) in [6.45, 7) is 4.38. The minimum Gasteiger partial charge on any atom is -0.354 e. The van der Waals surface area contributed by atoms with Crippen LogP contribution in [-0.4, -0.2) is 46.2 Å². The molecule has 0 N–H and O–H groups in total. The van der Waals surface area contributed by atoms with Gasteiger partial charge in [0.2, 0.25) is 11.7 Å². The lowest BCUT2D eigenvalue weighted by Gasteiger charge is -2.34. The lowest BCUT2D eigenvalue weighted by molar-refractivity contribution is 0.215. The van der Waals surface area contributed by atoms with E-state index >= 15 is 0 Å². The van der Waals surface area contributed by atoms with Crippen LogP contribution in [0, 0.1) is 0 Å². The predicted molar refractivity (Wildman–Crippen MR) is 94.3 cm³/mol. The second-order valence-electron chi connectivity index (χ2n) is 5.59. The van der Waals surface area contributed by atoms with Gasteiger partial charge in [-0.25, -0.2) is 4.98 Å². The van der Waals surface area contributed by atoms with Crippen molar-refractivity contribution in [3.8, 4) is 10.7 Å². The van der Waals surface area contributed by atoms with Gasteiger partial charge >= 0.3 is 0 Å². The average molecular weight is 362 g/mol. The first-order valence-electron chi connectivity index (χ1n) is 7.73. The van der Waals surface area contributed by atoms with E-state index in [9.17, 15) is 0 Å². The molecule has 0 unspecified atom stereocenters. The highest BCUT2D eigenvalue weighted by atomic mass is 35.5. The number of aromatic nitrogens is 3. The van der Waals surface area contributed by atoms with Crippen molar-refractivity contribution in [3.05, 3.63) is 46.8 Å². The first kappa shape index (κ1) is 15.6. The minimum atomic E-state index is 0.662. The van der Waals surface area contributed by atoms with Gasteiger partial charge in [-0.05, 0) is 23.6 Å². The van der Waals surface area contributed by atoms with Gasteiger partial charge in [0, 0.05) is 32.4 Å². The van der Waals surface area contributed by atoms with Crippen molar-refractivity contribution < 1.29 is 4.52 Å². The van der Waals surface area contributed by atoms with Gasteiger partial charge in [0.05, 0.1) is 16.4 Å². The fraction of sp³-hybridized carbons (Fsp3) is 0.312. The Morgan fingerprint density at radius 1 is 1.17 bits per heavy atom. The summed E-state index contributed by atoms with van der Waals surface area (Å²) in [4.78, 5) is 14.5. The normalized spacial score (nSPS) is 15.8. The van der Waals surface area contributed by atoms with Crippen LogP contribution >= 0.6 is 22.9 Å². The van der Waals surface area contributed by atoms with E-state index in [0.29, 0.717) is 23.3 Å². The monoisotopic (exact) mass is 361 g/mol.